The van der Waals surface area contributed by atoms with Gasteiger partial charge in [-0.2, -0.15) is 0 Å². The van der Waals surface area contributed by atoms with Gasteiger partial charge in [-0.3, -0.25) is 10.1 Å². The molecule has 30 heavy (non-hydrogen) atoms. The van der Waals surface area contributed by atoms with E-state index in [2.05, 4.69) is 10.6 Å². The number of rotatable bonds is 9. The van der Waals surface area contributed by atoms with E-state index in [1.54, 1.807) is 20.8 Å². The standard InChI is InChI=1S/C22H33N3O5/c1-21(2,3)30-20(28)25-22(12-8-13-23,18(26)17-11-7-14-24-17)19(27)29-15-16-9-5-4-6-10-16/h4-6,9-10,17,24H,7-8,11-15,23H2,1-3H3,(H,25,28)/t17-,22?/m0/s1. The van der Waals surface area contributed by atoms with Crippen molar-refractivity contribution in [3.63, 3.8) is 0 Å². The molecule has 1 saturated heterocycles. The van der Waals surface area contributed by atoms with E-state index in [9.17, 15) is 14.4 Å². The Kier molecular flexibility index (Phi) is 8.37. The lowest BCUT2D eigenvalue weighted by molar-refractivity contribution is -0.158. The first-order valence-electron chi connectivity index (χ1n) is 10.4. The molecule has 1 fully saturated rings. The third kappa shape index (κ3) is 6.53. The normalized spacial score (nSPS) is 18.3. The number of hydrogen-bond donors (Lipinski definition) is 3. The lowest BCUT2D eigenvalue weighted by Crippen LogP contribution is -2.65. The van der Waals surface area contributed by atoms with Crippen LogP contribution in [0.2, 0.25) is 0 Å². The molecule has 2 atom stereocenters. The summed E-state index contributed by atoms with van der Waals surface area (Å²) in [5, 5.41) is 5.66. The molecule has 0 aliphatic carbocycles. The molecule has 1 amide bonds. The van der Waals surface area contributed by atoms with Crippen LogP contribution in [-0.4, -0.2) is 48.1 Å². The van der Waals surface area contributed by atoms with Gasteiger partial charge in [-0.25, -0.2) is 9.59 Å². The van der Waals surface area contributed by atoms with Gasteiger partial charge in [0.05, 0.1) is 6.04 Å². The van der Waals surface area contributed by atoms with Crippen molar-refractivity contribution in [3.8, 4) is 0 Å². The average molecular weight is 420 g/mol. The molecule has 4 N–H and O–H groups in total. The molecular weight excluding hydrogens is 386 g/mol. The number of benzene rings is 1. The summed E-state index contributed by atoms with van der Waals surface area (Å²) >= 11 is 0. The van der Waals surface area contributed by atoms with Gasteiger partial charge in [0.25, 0.3) is 0 Å². The second-order valence-corrected chi connectivity index (χ2v) is 8.50. The zero-order chi connectivity index (χ0) is 22.2. The van der Waals surface area contributed by atoms with E-state index in [4.69, 9.17) is 15.2 Å². The van der Waals surface area contributed by atoms with Crippen molar-refractivity contribution in [1.82, 2.24) is 10.6 Å². The minimum atomic E-state index is -1.86. The van der Waals surface area contributed by atoms with Gasteiger partial charge >= 0.3 is 12.1 Å². The third-order valence-electron chi connectivity index (χ3n) is 4.83. The van der Waals surface area contributed by atoms with Crippen molar-refractivity contribution >= 4 is 17.8 Å². The molecule has 1 aromatic rings. The number of ketones is 1. The van der Waals surface area contributed by atoms with Crippen molar-refractivity contribution in [2.45, 2.75) is 70.2 Å². The van der Waals surface area contributed by atoms with Crippen LogP contribution >= 0.6 is 0 Å². The Hall–Kier alpha value is -2.45. The number of carbonyl (C=O) groups excluding carboxylic acids is 3. The SMILES string of the molecule is CC(C)(C)OC(=O)NC(CCCN)(C(=O)OCc1ccccc1)C(=O)[C@@H]1CCCN1. The summed E-state index contributed by atoms with van der Waals surface area (Å²) in [4.78, 5) is 39.3. The lowest BCUT2D eigenvalue weighted by Gasteiger charge is -2.34. The fourth-order valence-electron chi connectivity index (χ4n) is 3.40. The van der Waals surface area contributed by atoms with Gasteiger partial charge in [0.2, 0.25) is 5.54 Å². The molecular formula is C22H33N3O5. The quantitative estimate of drug-likeness (QED) is 0.414. The minimum absolute atomic E-state index is 0.00851. The summed E-state index contributed by atoms with van der Waals surface area (Å²) in [5.41, 5.74) is 3.80. The summed E-state index contributed by atoms with van der Waals surface area (Å²) in [6.45, 7) is 6.06. The zero-order valence-corrected chi connectivity index (χ0v) is 18.0. The number of carbonyl (C=O) groups is 3. The Bertz CT molecular complexity index is 726. The fraction of sp³-hybridized carbons (Fsp3) is 0.591. The van der Waals surface area contributed by atoms with Crippen LogP contribution in [0.4, 0.5) is 4.79 Å². The molecule has 0 bridgehead atoms. The van der Waals surface area contributed by atoms with E-state index in [1.807, 2.05) is 30.3 Å². The highest BCUT2D eigenvalue weighted by Crippen LogP contribution is 2.24. The van der Waals surface area contributed by atoms with E-state index in [0.717, 1.165) is 12.0 Å². The summed E-state index contributed by atoms with van der Waals surface area (Å²) in [7, 11) is 0. The van der Waals surface area contributed by atoms with Gasteiger partial charge in [0.1, 0.15) is 12.2 Å². The molecule has 1 heterocycles. The Morgan fingerprint density at radius 1 is 1.20 bits per heavy atom. The van der Waals surface area contributed by atoms with Crippen LogP contribution in [0.5, 0.6) is 0 Å². The molecule has 1 aromatic carbocycles. The van der Waals surface area contributed by atoms with Crippen LogP contribution in [0.3, 0.4) is 0 Å². The van der Waals surface area contributed by atoms with E-state index in [-0.39, 0.29) is 19.6 Å². The maximum Gasteiger partial charge on any atom is 0.408 e. The second-order valence-electron chi connectivity index (χ2n) is 8.50. The maximum absolute atomic E-state index is 13.5. The van der Waals surface area contributed by atoms with Crippen molar-refractivity contribution in [2.75, 3.05) is 13.1 Å². The zero-order valence-electron chi connectivity index (χ0n) is 18.0. The van der Waals surface area contributed by atoms with Crippen molar-refractivity contribution in [2.24, 2.45) is 5.73 Å². The highest BCUT2D eigenvalue weighted by Gasteiger charge is 2.51. The van der Waals surface area contributed by atoms with E-state index in [0.29, 0.717) is 19.4 Å². The van der Waals surface area contributed by atoms with E-state index < -0.39 is 35.0 Å². The molecule has 0 aromatic heterocycles. The van der Waals surface area contributed by atoms with E-state index in [1.165, 1.54) is 0 Å². The van der Waals surface area contributed by atoms with Crippen LogP contribution in [0.1, 0.15) is 52.0 Å². The summed E-state index contributed by atoms with van der Waals surface area (Å²) < 4.78 is 10.8. The molecule has 0 spiro atoms. The first-order chi connectivity index (χ1) is 14.2. The van der Waals surface area contributed by atoms with Gasteiger partial charge in [-0.15, -0.1) is 0 Å². The number of nitrogens with one attached hydrogen (secondary N) is 2. The number of ether oxygens (including phenoxy) is 2. The third-order valence-corrected chi connectivity index (χ3v) is 4.83. The minimum Gasteiger partial charge on any atom is -0.459 e. The predicted molar refractivity (Wildman–Crippen MR) is 113 cm³/mol. The lowest BCUT2D eigenvalue weighted by atomic mass is 9.84. The predicted octanol–water partition coefficient (Wildman–Crippen LogP) is 2.05. The Balaban J connectivity index is 2.31. The first-order valence-corrected chi connectivity index (χ1v) is 10.4. The van der Waals surface area contributed by atoms with Crippen molar-refractivity contribution in [1.29, 1.82) is 0 Å². The second kappa shape index (κ2) is 10.5. The molecule has 1 aliphatic rings. The molecule has 2 rings (SSSR count). The topological polar surface area (TPSA) is 120 Å². The van der Waals surface area contributed by atoms with E-state index >= 15 is 0 Å². The van der Waals surface area contributed by atoms with Crippen LogP contribution < -0.4 is 16.4 Å². The maximum atomic E-state index is 13.5. The molecule has 1 aliphatic heterocycles. The number of Topliss-reactive ketones (excluding diaryl/α,β-unsaturated/α-hetero) is 1. The van der Waals surface area contributed by atoms with Crippen LogP contribution in [0.15, 0.2) is 30.3 Å². The Labute approximate surface area is 177 Å². The summed E-state index contributed by atoms with van der Waals surface area (Å²) in [6.07, 6.45) is 0.949. The van der Waals surface area contributed by atoms with Crippen LogP contribution in [0.25, 0.3) is 0 Å². The monoisotopic (exact) mass is 419 g/mol. The molecule has 8 heteroatoms. The van der Waals surface area contributed by atoms with Gasteiger partial charge in [0, 0.05) is 0 Å². The van der Waals surface area contributed by atoms with Gasteiger partial charge in [0.15, 0.2) is 5.78 Å². The number of esters is 1. The Morgan fingerprint density at radius 3 is 2.47 bits per heavy atom. The number of hydrogen-bond acceptors (Lipinski definition) is 7. The fourth-order valence-corrected chi connectivity index (χ4v) is 3.40. The molecule has 8 nitrogen and oxygen atoms in total. The molecule has 166 valence electrons. The highest BCUT2D eigenvalue weighted by molar-refractivity contribution is 6.12. The largest absolute Gasteiger partial charge is 0.459 e. The number of amides is 1. The molecule has 0 saturated carbocycles. The van der Waals surface area contributed by atoms with Gasteiger partial charge < -0.3 is 20.5 Å². The first kappa shape index (κ1) is 23.8. The Morgan fingerprint density at radius 2 is 1.90 bits per heavy atom. The number of alkyl carbamates (subject to hydrolysis) is 1. The smallest absolute Gasteiger partial charge is 0.408 e. The number of nitrogens with two attached hydrogens (primary N) is 1. The average Bonchev–Trinajstić information content (AvgIpc) is 3.23. The molecule has 1 unspecified atom stereocenters. The van der Waals surface area contributed by atoms with Crippen LogP contribution in [-0.2, 0) is 25.7 Å². The summed E-state index contributed by atoms with van der Waals surface area (Å²) in [5.74, 6) is -1.22. The van der Waals surface area contributed by atoms with Crippen molar-refractivity contribution < 1.29 is 23.9 Å². The van der Waals surface area contributed by atoms with Crippen LogP contribution in [0, 0.1) is 0 Å². The van der Waals surface area contributed by atoms with Gasteiger partial charge in [-0.05, 0) is 65.1 Å². The molecule has 0 radical (unpaired) electrons. The highest BCUT2D eigenvalue weighted by atomic mass is 16.6. The van der Waals surface area contributed by atoms with Gasteiger partial charge in [-0.1, -0.05) is 30.3 Å². The summed E-state index contributed by atoms with van der Waals surface area (Å²) in [6, 6.07) is 8.61. The van der Waals surface area contributed by atoms with Crippen molar-refractivity contribution in [3.05, 3.63) is 35.9 Å².